The molecule has 0 aliphatic heterocycles. The van der Waals surface area contributed by atoms with Crippen LogP contribution in [0.1, 0.15) is 11.1 Å². The lowest BCUT2D eigenvalue weighted by molar-refractivity contribution is -0.118. The minimum Gasteiger partial charge on any atom is -0.484 e. The highest BCUT2D eigenvalue weighted by Crippen LogP contribution is 2.23. The Bertz CT molecular complexity index is 1440. The van der Waals surface area contributed by atoms with E-state index in [1.165, 1.54) is 41.7 Å². The van der Waals surface area contributed by atoms with Gasteiger partial charge in [-0.25, -0.2) is 21.1 Å². The van der Waals surface area contributed by atoms with Gasteiger partial charge in [-0.3, -0.25) is 9.52 Å². The molecular formula is C24H26ClN3O6S2. The molecular weight excluding hydrogens is 526 g/mol. The van der Waals surface area contributed by atoms with Gasteiger partial charge in [0.1, 0.15) is 5.75 Å². The molecule has 192 valence electrons. The van der Waals surface area contributed by atoms with Crippen molar-refractivity contribution in [2.45, 2.75) is 18.4 Å². The molecule has 0 bridgehead atoms. The number of halogens is 1. The average molecular weight is 552 g/mol. The number of sulfonamides is 2. The number of ether oxygens (including phenoxy) is 1. The van der Waals surface area contributed by atoms with Crippen LogP contribution in [-0.2, 0) is 31.4 Å². The van der Waals surface area contributed by atoms with Gasteiger partial charge < -0.3 is 10.1 Å². The fraction of sp³-hybridized carbons (Fsp3) is 0.208. The standard InChI is InChI=1S/C24H26ClN3O6S2/c1-17-4-7-20(14-23(17)25)27-36(32,33)22-12-8-19(9-13-22)26-24(29)16-34-21-10-5-18(6-11-21)15-28(2)35(3,30)31/h4-14,27H,15-16H2,1-3H3,(H,26,29). The molecule has 3 rings (SSSR count). The van der Waals surface area contributed by atoms with Crippen LogP contribution in [0.15, 0.2) is 71.6 Å². The van der Waals surface area contributed by atoms with Gasteiger partial charge >= 0.3 is 0 Å². The second-order valence-electron chi connectivity index (χ2n) is 8.09. The van der Waals surface area contributed by atoms with Gasteiger partial charge in [-0.1, -0.05) is 29.8 Å². The third-order valence-electron chi connectivity index (χ3n) is 5.14. The Balaban J connectivity index is 1.53. The average Bonchev–Trinajstić information content (AvgIpc) is 2.80. The number of benzene rings is 3. The first-order valence-corrected chi connectivity index (χ1v) is 14.4. The molecule has 3 aromatic rings. The molecule has 0 aliphatic rings. The third kappa shape index (κ3) is 7.69. The van der Waals surface area contributed by atoms with Crippen molar-refractivity contribution in [3.05, 3.63) is 82.9 Å². The molecule has 12 heteroatoms. The van der Waals surface area contributed by atoms with Gasteiger partial charge in [0.05, 0.1) is 16.8 Å². The van der Waals surface area contributed by atoms with Gasteiger partial charge in [0.15, 0.2) is 6.61 Å². The molecule has 0 unspecified atom stereocenters. The van der Waals surface area contributed by atoms with E-state index < -0.39 is 26.0 Å². The lowest BCUT2D eigenvalue weighted by atomic mass is 10.2. The monoisotopic (exact) mass is 551 g/mol. The van der Waals surface area contributed by atoms with E-state index in [0.29, 0.717) is 22.1 Å². The molecule has 1 amide bonds. The van der Waals surface area contributed by atoms with Crippen molar-refractivity contribution in [1.82, 2.24) is 4.31 Å². The van der Waals surface area contributed by atoms with E-state index in [4.69, 9.17) is 16.3 Å². The maximum atomic E-state index is 12.6. The molecule has 0 atom stereocenters. The summed E-state index contributed by atoms with van der Waals surface area (Å²) in [4.78, 5) is 12.3. The molecule has 0 saturated carbocycles. The normalized spacial score (nSPS) is 11.8. The second-order valence-corrected chi connectivity index (χ2v) is 12.3. The maximum Gasteiger partial charge on any atom is 0.262 e. The van der Waals surface area contributed by atoms with Crippen molar-refractivity contribution in [3.8, 4) is 5.75 Å². The van der Waals surface area contributed by atoms with Crippen molar-refractivity contribution in [1.29, 1.82) is 0 Å². The predicted octanol–water partition coefficient (Wildman–Crippen LogP) is 3.86. The SMILES string of the molecule is Cc1ccc(NS(=O)(=O)c2ccc(NC(=O)COc3ccc(CN(C)S(C)(=O)=O)cc3)cc2)cc1Cl. The van der Waals surface area contributed by atoms with Gasteiger partial charge in [0.2, 0.25) is 10.0 Å². The van der Waals surface area contributed by atoms with Crippen LogP contribution in [0.25, 0.3) is 0 Å². The fourth-order valence-electron chi connectivity index (χ4n) is 3.00. The van der Waals surface area contributed by atoms with E-state index in [1.807, 2.05) is 6.92 Å². The summed E-state index contributed by atoms with van der Waals surface area (Å²) >= 11 is 6.06. The van der Waals surface area contributed by atoms with E-state index in [2.05, 4.69) is 10.0 Å². The zero-order valence-electron chi connectivity index (χ0n) is 19.9. The zero-order chi connectivity index (χ0) is 26.5. The first-order valence-electron chi connectivity index (χ1n) is 10.7. The van der Waals surface area contributed by atoms with Crippen molar-refractivity contribution in [2.75, 3.05) is 29.9 Å². The summed E-state index contributed by atoms with van der Waals surface area (Å²) in [6.07, 6.45) is 1.13. The molecule has 0 fully saturated rings. The summed E-state index contributed by atoms with van der Waals surface area (Å²) in [7, 11) is -5.63. The Hall–Kier alpha value is -3.12. The first-order chi connectivity index (χ1) is 16.8. The largest absolute Gasteiger partial charge is 0.484 e. The Morgan fingerprint density at radius 3 is 2.14 bits per heavy atom. The Morgan fingerprint density at radius 2 is 1.56 bits per heavy atom. The topological polar surface area (TPSA) is 122 Å². The summed E-state index contributed by atoms with van der Waals surface area (Å²) < 4.78 is 57.4. The quantitative estimate of drug-likeness (QED) is 0.394. The van der Waals surface area contributed by atoms with Gasteiger partial charge in [-0.2, -0.15) is 0 Å². The van der Waals surface area contributed by atoms with E-state index >= 15 is 0 Å². The highest BCUT2D eigenvalue weighted by Gasteiger charge is 2.15. The van der Waals surface area contributed by atoms with Gasteiger partial charge in [-0.05, 0) is 66.6 Å². The molecule has 2 N–H and O–H groups in total. The van der Waals surface area contributed by atoms with Gasteiger partial charge in [-0.15, -0.1) is 0 Å². The molecule has 0 aliphatic carbocycles. The smallest absolute Gasteiger partial charge is 0.262 e. The molecule has 0 saturated heterocycles. The number of hydrogen-bond acceptors (Lipinski definition) is 6. The number of amides is 1. The van der Waals surface area contributed by atoms with Crippen molar-refractivity contribution in [2.24, 2.45) is 0 Å². The Morgan fingerprint density at radius 1 is 0.944 bits per heavy atom. The summed E-state index contributed by atoms with van der Waals surface area (Å²) in [5.41, 5.74) is 2.35. The summed E-state index contributed by atoms with van der Waals surface area (Å²) in [5.74, 6) is 0.0125. The van der Waals surface area contributed by atoms with Crippen LogP contribution in [0.2, 0.25) is 5.02 Å². The summed E-state index contributed by atoms with van der Waals surface area (Å²) in [6.45, 7) is 1.77. The van der Waals surface area contributed by atoms with Crippen LogP contribution in [0.4, 0.5) is 11.4 Å². The lowest BCUT2D eigenvalue weighted by Crippen LogP contribution is -2.24. The number of nitrogens with zero attached hydrogens (tertiary/aromatic N) is 1. The number of anilines is 2. The van der Waals surface area contributed by atoms with Crippen molar-refractivity contribution in [3.63, 3.8) is 0 Å². The van der Waals surface area contributed by atoms with Crippen LogP contribution in [0.3, 0.4) is 0 Å². The number of carbonyl (C=O) groups excluding carboxylic acids is 1. The molecule has 0 heterocycles. The predicted molar refractivity (Wildman–Crippen MR) is 140 cm³/mol. The van der Waals surface area contributed by atoms with Gasteiger partial charge in [0.25, 0.3) is 15.9 Å². The van der Waals surface area contributed by atoms with E-state index in [9.17, 15) is 21.6 Å². The van der Waals surface area contributed by atoms with E-state index in [0.717, 1.165) is 17.4 Å². The zero-order valence-corrected chi connectivity index (χ0v) is 22.2. The third-order valence-corrected chi connectivity index (χ3v) is 8.20. The van der Waals surface area contributed by atoms with Crippen LogP contribution in [0.5, 0.6) is 5.75 Å². The van der Waals surface area contributed by atoms with Crippen LogP contribution >= 0.6 is 11.6 Å². The molecule has 0 radical (unpaired) electrons. The molecule has 3 aromatic carbocycles. The van der Waals surface area contributed by atoms with Crippen molar-refractivity contribution < 1.29 is 26.4 Å². The molecule has 0 spiro atoms. The maximum absolute atomic E-state index is 12.6. The highest BCUT2D eigenvalue weighted by molar-refractivity contribution is 7.92. The van der Waals surface area contributed by atoms with E-state index in [1.54, 1.807) is 36.4 Å². The summed E-state index contributed by atoms with van der Waals surface area (Å²) in [5, 5.41) is 3.09. The molecule has 36 heavy (non-hydrogen) atoms. The molecule has 9 nitrogen and oxygen atoms in total. The Kier molecular flexibility index (Phi) is 8.62. The Labute approximate surface area is 216 Å². The van der Waals surface area contributed by atoms with Crippen LogP contribution in [0, 0.1) is 6.92 Å². The number of hydrogen-bond donors (Lipinski definition) is 2. The van der Waals surface area contributed by atoms with Crippen LogP contribution < -0.4 is 14.8 Å². The number of rotatable bonds is 10. The first kappa shape index (κ1) is 27.5. The lowest BCUT2D eigenvalue weighted by Gasteiger charge is -2.14. The molecule has 0 aromatic heterocycles. The summed E-state index contributed by atoms with van der Waals surface area (Å²) in [6, 6.07) is 17.3. The van der Waals surface area contributed by atoms with Crippen LogP contribution in [-0.4, -0.2) is 47.0 Å². The number of carbonyl (C=O) groups is 1. The van der Waals surface area contributed by atoms with Crippen molar-refractivity contribution >= 4 is 48.9 Å². The fourth-order valence-corrected chi connectivity index (χ4v) is 4.61. The minimum absolute atomic E-state index is 0.0232. The minimum atomic E-state index is -3.84. The number of aryl methyl sites for hydroxylation is 1. The van der Waals surface area contributed by atoms with Gasteiger partial charge in [0, 0.05) is 24.3 Å². The highest BCUT2D eigenvalue weighted by atomic mass is 35.5. The second kappa shape index (κ2) is 11.3. The van der Waals surface area contributed by atoms with E-state index in [-0.39, 0.29) is 18.0 Å². The number of nitrogens with one attached hydrogen (secondary N) is 2.